The first-order chi connectivity index (χ1) is 9.61. The standard InChI is InChI=1S/C16H21FN2O/c1-10(15-8-11-5-6-12(15)7-11)18-16(20)19-14-4-2-3-13(17)9-14/h2-4,9-12,15H,5-8H2,1H3,(H2,18,19,20). The van der Waals surface area contributed by atoms with Crippen LogP contribution in [-0.4, -0.2) is 12.1 Å². The summed E-state index contributed by atoms with van der Waals surface area (Å²) in [5.41, 5.74) is 0.489. The third kappa shape index (κ3) is 2.79. The predicted molar refractivity (Wildman–Crippen MR) is 77.0 cm³/mol. The number of urea groups is 1. The molecule has 0 saturated heterocycles. The molecule has 2 aliphatic carbocycles. The minimum Gasteiger partial charge on any atom is -0.335 e. The second kappa shape index (κ2) is 5.43. The van der Waals surface area contributed by atoms with Gasteiger partial charge in [0.2, 0.25) is 0 Å². The van der Waals surface area contributed by atoms with Crippen molar-refractivity contribution in [2.75, 3.05) is 5.32 Å². The Bertz CT molecular complexity index is 505. The summed E-state index contributed by atoms with van der Waals surface area (Å²) in [6, 6.07) is 5.89. The van der Waals surface area contributed by atoms with Crippen LogP contribution in [0.1, 0.15) is 32.6 Å². The van der Waals surface area contributed by atoms with Crippen molar-refractivity contribution in [2.45, 2.75) is 38.6 Å². The maximum atomic E-state index is 13.1. The highest BCUT2D eigenvalue weighted by atomic mass is 19.1. The van der Waals surface area contributed by atoms with Crippen LogP contribution in [0.5, 0.6) is 0 Å². The molecule has 0 heterocycles. The van der Waals surface area contributed by atoms with E-state index in [4.69, 9.17) is 0 Å². The molecule has 2 saturated carbocycles. The summed E-state index contributed by atoms with van der Waals surface area (Å²) < 4.78 is 13.1. The van der Waals surface area contributed by atoms with Gasteiger partial charge in [-0.3, -0.25) is 0 Å². The van der Waals surface area contributed by atoms with Crippen LogP contribution in [0, 0.1) is 23.6 Å². The molecule has 2 aliphatic rings. The molecule has 1 aromatic carbocycles. The first-order valence-electron chi connectivity index (χ1n) is 7.45. The lowest BCUT2D eigenvalue weighted by molar-refractivity contribution is 0.230. The Morgan fingerprint density at radius 1 is 1.35 bits per heavy atom. The van der Waals surface area contributed by atoms with E-state index in [2.05, 4.69) is 17.6 Å². The highest BCUT2D eigenvalue weighted by molar-refractivity contribution is 5.89. The number of halogens is 1. The van der Waals surface area contributed by atoms with E-state index >= 15 is 0 Å². The molecule has 4 heteroatoms. The SMILES string of the molecule is CC(NC(=O)Nc1cccc(F)c1)C1CC2CCC1C2. The maximum Gasteiger partial charge on any atom is 0.319 e. The van der Waals surface area contributed by atoms with Gasteiger partial charge in [0.05, 0.1) is 0 Å². The van der Waals surface area contributed by atoms with Crippen LogP contribution in [0.25, 0.3) is 0 Å². The molecule has 2 fully saturated rings. The molecule has 20 heavy (non-hydrogen) atoms. The highest BCUT2D eigenvalue weighted by Crippen LogP contribution is 2.49. The summed E-state index contributed by atoms with van der Waals surface area (Å²) in [4.78, 5) is 12.0. The van der Waals surface area contributed by atoms with Crippen molar-refractivity contribution in [1.29, 1.82) is 0 Å². The predicted octanol–water partition coefficient (Wildman–Crippen LogP) is 3.77. The number of nitrogens with one attached hydrogen (secondary N) is 2. The number of hydrogen-bond donors (Lipinski definition) is 2. The minimum absolute atomic E-state index is 0.179. The van der Waals surface area contributed by atoms with Gasteiger partial charge < -0.3 is 10.6 Å². The summed E-state index contributed by atoms with van der Waals surface area (Å²) in [5, 5.41) is 5.69. The fraction of sp³-hybridized carbons (Fsp3) is 0.562. The van der Waals surface area contributed by atoms with E-state index in [1.807, 2.05) is 0 Å². The van der Waals surface area contributed by atoms with E-state index < -0.39 is 0 Å². The fourth-order valence-corrected chi connectivity index (χ4v) is 3.95. The quantitative estimate of drug-likeness (QED) is 0.867. The minimum atomic E-state index is -0.344. The van der Waals surface area contributed by atoms with Crippen LogP contribution in [0.4, 0.5) is 14.9 Å². The van der Waals surface area contributed by atoms with Gasteiger partial charge in [0, 0.05) is 11.7 Å². The molecule has 1 aromatic rings. The van der Waals surface area contributed by atoms with Crippen LogP contribution < -0.4 is 10.6 Å². The van der Waals surface area contributed by atoms with Crippen molar-refractivity contribution in [3.8, 4) is 0 Å². The summed E-state index contributed by atoms with van der Waals surface area (Å²) in [5.74, 6) is 1.92. The Balaban J connectivity index is 1.53. The van der Waals surface area contributed by atoms with Crippen molar-refractivity contribution >= 4 is 11.7 Å². The third-order valence-corrected chi connectivity index (χ3v) is 4.88. The second-order valence-corrected chi connectivity index (χ2v) is 6.24. The molecule has 4 unspecified atom stereocenters. The Hall–Kier alpha value is -1.58. The van der Waals surface area contributed by atoms with Crippen LogP contribution >= 0.6 is 0 Å². The lowest BCUT2D eigenvalue weighted by Crippen LogP contribution is -2.42. The van der Waals surface area contributed by atoms with Gasteiger partial charge in [-0.1, -0.05) is 12.5 Å². The second-order valence-electron chi connectivity index (χ2n) is 6.24. The van der Waals surface area contributed by atoms with Crippen molar-refractivity contribution in [1.82, 2.24) is 5.32 Å². The van der Waals surface area contributed by atoms with Gasteiger partial charge in [0.1, 0.15) is 5.82 Å². The van der Waals surface area contributed by atoms with E-state index in [0.717, 1.165) is 11.8 Å². The fourth-order valence-electron chi connectivity index (χ4n) is 3.95. The van der Waals surface area contributed by atoms with Gasteiger partial charge in [-0.15, -0.1) is 0 Å². The van der Waals surface area contributed by atoms with Crippen LogP contribution in [0.3, 0.4) is 0 Å². The zero-order valence-electron chi connectivity index (χ0n) is 11.7. The van der Waals surface area contributed by atoms with Gasteiger partial charge in [-0.2, -0.15) is 0 Å². The zero-order valence-corrected chi connectivity index (χ0v) is 11.7. The summed E-state index contributed by atoms with van der Waals surface area (Å²) >= 11 is 0. The number of fused-ring (bicyclic) bond motifs is 2. The molecule has 3 rings (SSSR count). The summed E-state index contributed by atoms with van der Waals surface area (Å²) in [7, 11) is 0. The molecule has 2 N–H and O–H groups in total. The molecule has 0 aliphatic heterocycles. The van der Waals surface area contributed by atoms with Crippen molar-refractivity contribution in [3.05, 3.63) is 30.1 Å². The number of amides is 2. The first-order valence-corrected chi connectivity index (χ1v) is 7.45. The molecule has 108 valence electrons. The highest BCUT2D eigenvalue weighted by Gasteiger charge is 2.42. The average molecular weight is 276 g/mol. The van der Waals surface area contributed by atoms with Crippen molar-refractivity contribution < 1.29 is 9.18 Å². The lowest BCUT2D eigenvalue weighted by atomic mass is 9.84. The third-order valence-electron chi connectivity index (χ3n) is 4.88. The normalized spacial score (nSPS) is 29.2. The summed E-state index contributed by atoms with van der Waals surface area (Å²) in [6.07, 6.45) is 5.25. The van der Waals surface area contributed by atoms with E-state index in [1.54, 1.807) is 12.1 Å². The van der Waals surface area contributed by atoms with Crippen LogP contribution in [0.2, 0.25) is 0 Å². The first kappa shape index (κ1) is 13.4. The topological polar surface area (TPSA) is 41.1 Å². The Morgan fingerprint density at radius 2 is 2.20 bits per heavy atom. The summed E-state index contributed by atoms with van der Waals surface area (Å²) in [6.45, 7) is 2.08. The number of carbonyl (C=O) groups is 1. The molecule has 4 atom stereocenters. The number of benzene rings is 1. The molecule has 3 nitrogen and oxygen atoms in total. The molecular formula is C16H21FN2O. The van der Waals surface area contributed by atoms with Crippen LogP contribution in [0.15, 0.2) is 24.3 Å². The van der Waals surface area contributed by atoms with Gasteiger partial charge in [0.25, 0.3) is 0 Å². The van der Waals surface area contributed by atoms with Gasteiger partial charge >= 0.3 is 6.03 Å². The molecule has 0 spiro atoms. The average Bonchev–Trinajstić information content (AvgIpc) is 3.00. The molecule has 2 amide bonds. The van der Waals surface area contributed by atoms with E-state index in [1.165, 1.54) is 37.8 Å². The van der Waals surface area contributed by atoms with Gasteiger partial charge in [-0.25, -0.2) is 9.18 Å². The Morgan fingerprint density at radius 3 is 2.85 bits per heavy atom. The molecule has 0 radical (unpaired) electrons. The Labute approximate surface area is 118 Å². The maximum absolute atomic E-state index is 13.1. The Kier molecular flexibility index (Phi) is 3.64. The largest absolute Gasteiger partial charge is 0.335 e. The smallest absolute Gasteiger partial charge is 0.319 e. The molecular weight excluding hydrogens is 255 g/mol. The van der Waals surface area contributed by atoms with Gasteiger partial charge in [-0.05, 0) is 62.1 Å². The molecule has 0 aromatic heterocycles. The van der Waals surface area contributed by atoms with Gasteiger partial charge in [0.15, 0.2) is 0 Å². The zero-order chi connectivity index (χ0) is 14.1. The number of anilines is 1. The van der Waals surface area contributed by atoms with Crippen molar-refractivity contribution in [3.63, 3.8) is 0 Å². The number of rotatable bonds is 3. The van der Waals surface area contributed by atoms with E-state index in [9.17, 15) is 9.18 Å². The van der Waals surface area contributed by atoms with Crippen molar-refractivity contribution in [2.24, 2.45) is 17.8 Å². The van der Waals surface area contributed by atoms with E-state index in [-0.39, 0.29) is 17.9 Å². The monoisotopic (exact) mass is 276 g/mol. The number of carbonyl (C=O) groups excluding carboxylic acids is 1. The lowest BCUT2D eigenvalue weighted by Gasteiger charge is -2.28. The number of hydrogen-bond acceptors (Lipinski definition) is 1. The molecule has 2 bridgehead atoms. The van der Waals surface area contributed by atoms with Crippen LogP contribution in [-0.2, 0) is 0 Å². The van der Waals surface area contributed by atoms with E-state index in [0.29, 0.717) is 11.6 Å².